The van der Waals surface area contributed by atoms with Gasteiger partial charge in [-0.2, -0.15) is 5.26 Å². The van der Waals surface area contributed by atoms with E-state index in [4.69, 9.17) is 20.8 Å². The van der Waals surface area contributed by atoms with Crippen molar-refractivity contribution in [1.82, 2.24) is 24.4 Å². The van der Waals surface area contributed by atoms with E-state index in [9.17, 15) is 19.6 Å². The molecule has 3 aromatic heterocycles. The number of nitriles is 1. The van der Waals surface area contributed by atoms with Gasteiger partial charge in [0.15, 0.2) is 11.4 Å². The molecule has 2 aromatic carbocycles. The zero-order valence-electron chi connectivity index (χ0n) is 26.3. The van der Waals surface area contributed by atoms with Gasteiger partial charge in [0, 0.05) is 48.6 Å². The van der Waals surface area contributed by atoms with E-state index < -0.39 is 17.6 Å². The Kier molecular flexibility index (Phi) is 8.03. The minimum absolute atomic E-state index is 0.180. The predicted molar refractivity (Wildman–Crippen MR) is 174 cm³/mol. The van der Waals surface area contributed by atoms with Crippen LogP contribution in [0.1, 0.15) is 64.3 Å². The van der Waals surface area contributed by atoms with Crippen molar-refractivity contribution in [3.05, 3.63) is 81.5 Å². The first kappa shape index (κ1) is 31.4. The van der Waals surface area contributed by atoms with E-state index in [-0.39, 0.29) is 34.4 Å². The summed E-state index contributed by atoms with van der Waals surface area (Å²) in [6, 6.07) is 12.1. The summed E-state index contributed by atoms with van der Waals surface area (Å²) in [7, 11) is 1.77. The van der Waals surface area contributed by atoms with Crippen molar-refractivity contribution in [2.45, 2.75) is 46.3 Å². The van der Waals surface area contributed by atoms with Crippen molar-refractivity contribution in [2.75, 3.05) is 11.9 Å². The molecule has 1 aliphatic rings. The maximum Gasteiger partial charge on any atom is 0.410 e. The summed E-state index contributed by atoms with van der Waals surface area (Å²) in [4.78, 5) is 52.7. The highest BCUT2D eigenvalue weighted by Crippen LogP contribution is 2.38. The number of benzene rings is 2. The van der Waals surface area contributed by atoms with Crippen LogP contribution in [0.5, 0.6) is 0 Å². The number of hydrogen-bond donors (Lipinski definition) is 1. The molecule has 1 N–H and O–H groups in total. The van der Waals surface area contributed by atoms with Gasteiger partial charge < -0.3 is 23.9 Å². The van der Waals surface area contributed by atoms with E-state index in [1.165, 1.54) is 6.07 Å². The first-order valence-electron chi connectivity index (χ1n) is 14.8. The Bertz CT molecular complexity index is 2140. The summed E-state index contributed by atoms with van der Waals surface area (Å²) >= 11 is 6.86. The van der Waals surface area contributed by atoms with Gasteiger partial charge in [-0.05, 0) is 57.5 Å². The lowest BCUT2D eigenvalue weighted by Gasteiger charge is -2.29. The molecule has 13 heteroatoms. The third-order valence-electron chi connectivity index (χ3n) is 7.84. The summed E-state index contributed by atoms with van der Waals surface area (Å²) in [5.41, 5.74) is 4.91. The molecule has 0 unspecified atom stereocenters. The van der Waals surface area contributed by atoms with Crippen LogP contribution in [0.2, 0.25) is 5.02 Å². The van der Waals surface area contributed by atoms with E-state index in [1.54, 1.807) is 40.9 Å². The summed E-state index contributed by atoms with van der Waals surface area (Å²) in [5.74, 6) is -0.0211. The normalized spacial score (nSPS) is 12.8. The fourth-order valence-electron chi connectivity index (χ4n) is 5.56. The SMILES string of the molecule is Cc1c(-c2nc3cc(C=O)cc(C#N)c3o2)cccc1-c1nccc(NC(=O)c2nc3c(n2C)CCN(C(=O)OC(C)(C)C)C3)c1Cl. The van der Waals surface area contributed by atoms with E-state index >= 15 is 0 Å². The number of imidazole rings is 1. The van der Waals surface area contributed by atoms with Gasteiger partial charge in [-0.3, -0.25) is 14.6 Å². The van der Waals surface area contributed by atoms with E-state index in [2.05, 4.69) is 26.3 Å². The van der Waals surface area contributed by atoms with Gasteiger partial charge in [-0.15, -0.1) is 0 Å². The van der Waals surface area contributed by atoms with Crippen LogP contribution in [0.25, 0.3) is 33.8 Å². The van der Waals surface area contributed by atoms with Gasteiger partial charge >= 0.3 is 6.09 Å². The Morgan fingerprint density at radius 3 is 2.66 bits per heavy atom. The lowest BCUT2D eigenvalue weighted by molar-refractivity contribution is 0.0220. The quantitative estimate of drug-likeness (QED) is 0.210. The molecular weight excluding hydrogens is 622 g/mol. The van der Waals surface area contributed by atoms with Crippen LogP contribution in [0.3, 0.4) is 0 Å². The van der Waals surface area contributed by atoms with Gasteiger partial charge in [-0.25, -0.2) is 14.8 Å². The Balaban J connectivity index is 1.27. The minimum Gasteiger partial charge on any atom is -0.444 e. The molecule has 5 aromatic rings. The molecule has 1 aliphatic heterocycles. The number of carbonyl (C=O) groups is 3. The second-order valence-corrected chi connectivity index (χ2v) is 12.5. The largest absolute Gasteiger partial charge is 0.444 e. The Morgan fingerprint density at radius 2 is 1.94 bits per heavy atom. The van der Waals surface area contributed by atoms with Crippen molar-refractivity contribution >= 4 is 46.7 Å². The molecule has 2 amide bonds. The summed E-state index contributed by atoms with van der Waals surface area (Å²) < 4.78 is 13.2. The lowest BCUT2D eigenvalue weighted by atomic mass is 9.99. The Hall–Kier alpha value is -5.54. The van der Waals surface area contributed by atoms with E-state index in [0.717, 1.165) is 11.3 Å². The number of anilines is 1. The molecule has 238 valence electrons. The highest BCUT2D eigenvalue weighted by atomic mass is 35.5. The topological polar surface area (TPSA) is 156 Å². The van der Waals surface area contributed by atoms with Crippen LogP contribution in [0.15, 0.2) is 47.0 Å². The van der Waals surface area contributed by atoms with Crippen molar-refractivity contribution in [3.63, 3.8) is 0 Å². The number of halogens is 1. The first-order valence-corrected chi connectivity index (χ1v) is 15.1. The van der Waals surface area contributed by atoms with Crippen LogP contribution in [-0.4, -0.2) is 54.9 Å². The standard InChI is InChI=1S/C34H30ClN7O5/c1-18-21(7-6-8-22(18)32-40-24-14-19(17-43)13-20(15-36)29(24)46-32)28-27(35)23(9-11-37-28)39-31(44)30-38-25-16-42(12-10-26(25)41(30)5)33(45)47-34(2,3)4/h6-9,11,13-14,17H,10,12,16H2,1-5H3,(H,37,39,44). The van der Waals surface area contributed by atoms with Crippen LogP contribution in [0, 0.1) is 18.3 Å². The van der Waals surface area contributed by atoms with Crippen LogP contribution in [-0.2, 0) is 24.8 Å². The number of ether oxygens (including phenoxy) is 1. The van der Waals surface area contributed by atoms with Gasteiger partial charge in [0.25, 0.3) is 5.91 Å². The van der Waals surface area contributed by atoms with Crippen molar-refractivity contribution in [3.8, 4) is 28.8 Å². The Morgan fingerprint density at radius 1 is 1.17 bits per heavy atom. The summed E-state index contributed by atoms with van der Waals surface area (Å²) in [5, 5.41) is 12.7. The number of hydrogen-bond acceptors (Lipinski definition) is 9. The van der Waals surface area contributed by atoms with Crippen LogP contribution >= 0.6 is 11.6 Å². The van der Waals surface area contributed by atoms with E-state index in [0.29, 0.717) is 58.5 Å². The maximum absolute atomic E-state index is 13.5. The van der Waals surface area contributed by atoms with Crippen molar-refractivity contribution in [2.24, 2.45) is 7.05 Å². The third kappa shape index (κ3) is 5.93. The van der Waals surface area contributed by atoms with E-state index in [1.807, 2.05) is 39.8 Å². The van der Waals surface area contributed by atoms with Crippen molar-refractivity contribution in [1.29, 1.82) is 5.26 Å². The summed E-state index contributed by atoms with van der Waals surface area (Å²) in [6.45, 7) is 7.98. The number of fused-ring (bicyclic) bond motifs is 2. The number of rotatable bonds is 5. The molecule has 0 fully saturated rings. The number of aromatic nitrogens is 4. The number of oxazole rings is 1. The van der Waals surface area contributed by atoms with Gasteiger partial charge in [0.05, 0.1) is 34.2 Å². The highest BCUT2D eigenvalue weighted by Gasteiger charge is 2.30. The predicted octanol–water partition coefficient (Wildman–Crippen LogP) is 6.48. The number of pyridine rings is 1. The number of carbonyl (C=O) groups excluding carboxylic acids is 3. The molecule has 0 aliphatic carbocycles. The number of nitrogens with zero attached hydrogens (tertiary/aromatic N) is 6. The maximum atomic E-state index is 13.5. The molecule has 6 rings (SSSR count). The first-order chi connectivity index (χ1) is 22.4. The zero-order valence-corrected chi connectivity index (χ0v) is 27.1. The molecule has 0 saturated carbocycles. The number of nitrogens with one attached hydrogen (secondary N) is 1. The second kappa shape index (κ2) is 12.0. The number of amides is 2. The molecule has 0 atom stereocenters. The molecule has 0 saturated heterocycles. The highest BCUT2D eigenvalue weighted by molar-refractivity contribution is 6.36. The fourth-order valence-corrected chi connectivity index (χ4v) is 5.83. The molecule has 47 heavy (non-hydrogen) atoms. The summed E-state index contributed by atoms with van der Waals surface area (Å²) in [6.07, 6.45) is 2.30. The smallest absolute Gasteiger partial charge is 0.410 e. The van der Waals surface area contributed by atoms with Gasteiger partial charge in [-0.1, -0.05) is 23.7 Å². The fraction of sp³-hybridized carbons (Fsp3) is 0.265. The molecular formula is C34H30ClN7O5. The molecule has 0 bridgehead atoms. The average molecular weight is 652 g/mol. The van der Waals surface area contributed by atoms with Crippen LogP contribution < -0.4 is 5.32 Å². The second-order valence-electron chi connectivity index (χ2n) is 12.2. The Labute approximate surface area is 274 Å². The van der Waals surface area contributed by atoms with Gasteiger partial charge in [0.2, 0.25) is 5.89 Å². The monoisotopic (exact) mass is 651 g/mol. The van der Waals surface area contributed by atoms with Gasteiger partial charge in [0.1, 0.15) is 23.5 Å². The molecule has 12 nitrogen and oxygen atoms in total. The molecule has 0 radical (unpaired) electrons. The number of aldehydes is 1. The minimum atomic E-state index is -0.621. The molecule has 4 heterocycles. The lowest BCUT2D eigenvalue weighted by Crippen LogP contribution is -2.40. The van der Waals surface area contributed by atoms with Crippen LogP contribution in [0.4, 0.5) is 10.5 Å². The third-order valence-corrected chi connectivity index (χ3v) is 8.22. The zero-order chi connectivity index (χ0) is 33.6. The molecule has 0 spiro atoms. The average Bonchev–Trinajstić information content (AvgIpc) is 3.61. The van der Waals surface area contributed by atoms with Crippen molar-refractivity contribution < 1.29 is 23.5 Å².